The van der Waals surface area contributed by atoms with Gasteiger partial charge in [-0.1, -0.05) is 18.6 Å². The van der Waals surface area contributed by atoms with E-state index in [9.17, 15) is 13.6 Å². The van der Waals surface area contributed by atoms with Gasteiger partial charge < -0.3 is 14.8 Å². The zero-order valence-electron chi connectivity index (χ0n) is 16.4. The van der Waals surface area contributed by atoms with Crippen molar-refractivity contribution in [1.29, 1.82) is 0 Å². The smallest absolute Gasteiger partial charge is 0.387 e. The summed E-state index contributed by atoms with van der Waals surface area (Å²) >= 11 is 0. The Morgan fingerprint density at radius 1 is 1.00 bits per heavy atom. The largest absolute Gasteiger partial charge is 0.497 e. The summed E-state index contributed by atoms with van der Waals surface area (Å²) in [6.07, 6.45) is 3.52. The summed E-state index contributed by atoms with van der Waals surface area (Å²) in [5, 5.41) is 2.98. The number of amides is 1. The Labute approximate surface area is 169 Å². The molecule has 0 saturated carbocycles. The van der Waals surface area contributed by atoms with Crippen molar-refractivity contribution in [2.75, 3.05) is 26.7 Å². The first-order chi connectivity index (χ1) is 14.1. The van der Waals surface area contributed by atoms with Crippen LogP contribution in [0.25, 0.3) is 0 Å². The fraction of sp³-hybridized carbons (Fsp3) is 0.409. The molecule has 156 valence electrons. The molecule has 1 heterocycles. The molecule has 1 atom stereocenters. The fourth-order valence-electron chi connectivity index (χ4n) is 3.59. The molecule has 0 aromatic heterocycles. The molecular formula is C22H26F2N2O3. The second-order valence-electron chi connectivity index (χ2n) is 7.00. The minimum atomic E-state index is -2.88. The summed E-state index contributed by atoms with van der Waals surface area (Å²) in [5.41, 5.74) is 1.52. The first-order valence-electron chi connectivity index (χ1n) is 9.78. The van der Waals surface area contributed by atoms with Crippen molar-refractivity contribution in [3.63, 3.8) is 0 Å². The number of likely N-dealkylation sites (tertiary alicyclic amines) is 1. The van der Waals surface area contributed by atoms with Crippen LogP contribution >= 0.6 is 0 Å². The Hall–Kier alpha value is -2.67. The van der Waals surface area contributed by atoms with Gasteiger partial charge in [0.25, 0.3) is 5.91 Å². The summed E-state index contributed by atoms with van der Waals surface area (Å²) < 4.78 is 34.1. The van der Waals surface area contributed by atoms with E-state index >= 15 is 0 Å². The highest BCUT2D eigenvalue weighted by Gasteiger charge is 2.23. The van der Waals surface area contributed by atoms with Gasteiger partial charge in [0.1, 0.15) is 11.5 Å². The summed E-state index contributed by atoms with van der Waals surface area (Å²) in [7, 11) is 1.63. The molecule has 0 radical (unpaired) electrons. The molecule has 7 heteroatoms. The third-order valence-corrected chi connectivity index (χ3v) is 5.13. The molecule has 0 aliphatic carbocycles. The number of methoxy groups -OCH3 is 1. The molecule has 0 bridgehead atoms. The number of piperidine rings is 1. The van der Waals surface area contributed by atoms with Crippen LogP contribution in [0.4, 0.5) is 8.78 Å². The van der Waals surface area contributed by atoms with Gasteiger partial charge in [0.05, 0.1) is 13.2 Å². The van der Waals surface area contributed by atoms with Crippen LogP contribution in [0.1, 0.15) is 41.2 Å². The van der Waals surface area contributed by atoms with Crippen LogP contribution < -0.4 is 14.8 Å². The van der Waals surface area contributed by atoms with Gasteiger partial charge in [0.15, 0.2) is 0 Å². The van der Waals surface area contributed by atoms with Crippen molar-refractivity contribution in [3.05, 3.63) is 59.7 Å². The molecule has 1 unspecified atom stereocenters. The summed E-state index contributed by atoms with van der Waals surface area (Å²) in [5.74, 6) is 0.575. The molecule has 0 spiro atoms. The highest BCUT2D eigenvalue weighted by molar-refractivity contribution is 5.94. The molecule has 5 nitrogen and oxygen atoms in total. The third-order valence-electron chi connectivity index (χ3n) is 5.13. The molecule has 3 rings (SSSR count). The van der Waals surface area contributed by atoms with E-state index in [1.165, 1.54) is 30.7 Å². The van der Waals surface area contributed by atoms with E-state index in [1.54, 1.807) is 7.11 Å². The van der Waals surface area contributed by atoms with Crippen LogP contribution in [0.15, 0.2) is 48.5 Å². The summed E-state index contributed by atoms with van der Waals surface area (Å²) in [6, 6.07) is 13.7. The standard InChI is InChI=1S/C22H26F2N2O3/c1-28-18-9-5-16(6-10-18)20(26-13-3-2-4-14-26)15-25-21(27)17-7-11-19(12-8-17)29-22(23)24/h5-12,20,22H,2-4,13-15H2,1H3,(H,25,27). The Morgan fingerprint density at radius 2 is 1.62 bits per heavy atom. The quantitative estimate of drug-likeness (QED) is 0.715. The van der Waals surface area contributed by atoms with Crippen molar-refractivity contribution >= 4 is 5.91 Å². The monoisotopic (exact) mass is 404 g/mol. The molecular weight excluding hydrogens is 378 g/mol. The van der Waals surface area contributed by atoms with Crippen molar-refractivity contribution < 1.29 is 23.0 Å². The van der Waals surface area contributed by atoms with E-state index in [1.807, 2.05) is 24.3 Å². The molecule has 2 aromatic carbocycles. The Kier molecular flexibility index (Phi) is 7.41. The maximum atomic E-state index is 12.6. The van der Waals surface area contributed by atoms with Crippen LogP contribution in [0, 0.1) is 0 Å². The first-order valence-corrected chi connectivity index (χ1v) is 9.78. The number of hydrogen-bond donors (Lipinski definition) is 1. The molecule has 29 heavy (non-hydrogen) atoms. The van der Waals surface area contributed by atoms with Gasteiger partial charge in [-0.3, -0.25) is 9.69 Å². The third kappa shape index (κ3) is 5.90. The second-order valence-corrected chi connectivity index (χ2v) is 7.00. The van der Waals surface area contributed by atoms with Crippen LogP contribution in [0.2, 0.25) is 0 Å². The molecule has 1 aliphatic heterocycles. The normalized spacial score (nSPS) is 15.7. The van der Waals surface area contributed by atoms with Gasteiger partial charge >= 0.3 is 6.61 Å². The molecule has 1 saturated heterocycles. The van der Waals surface area contributed by atoms with Gasteiger partial charge in [-0.05, 0) is 67.9 Å². The highest BCUT2D eigenvalue weighted by atomic mass is 19.3. The van der Waals surface area contributed by atoms with Gasteiger partial charge in [-0.15, -0.1) is 0 Å². The molecule has 1 N–H and O–H groups in total. The van der Waals surface area contributed by atoms with E-state index in [2.05, 4.69) is 15.0 Å². The summed E-state index contributed by atoms with van der Waals surface area (Å²) in [4.78, 5) is 15.0. The SMILES string of the molecule is COc1ccc(C(CNC(=O)c2ccc(OC(F)F)cc2)N2CCCCC2)cc1. The zero-order valence-corrected chi connectivity index (χ0v) is 16.4. The number of benzene rings is 2. The maximum Gasteiger partial charge on any atom is 0.387 e. The topological polar surface area (TPSA) is 50.8 Å². The molecule has 1 fully saturated rings. The zero-order chi connectivity index (χ0) is 20.6. The van der Waals surface area contributed by atoms with E-state index < -0.39 is 6.61 Å². The van der Waals surface area contributed by atoms with Crippen LogP contribution in [0.3, 0.4) is 0 Å². The highest BCUT2D eigenvalue weighted by Crippen LogP contribution is 2.26. The van der Waals surface area contributed by atoms with Crippen LogP contribution in [0.5, 0.6) is 11.5 Å². The van der Waals surface area contributed by atoms with E-state index in [4.69, 9.17) is 4.74 Å². The van der Waals surface area contributed by atoms with E-state index in [-0.39, 0.29) is 17.7 Å². The van der Waals surface area contributed by atoms with Gasteiger partial charge in [-0.25, -0.2) is 0 Å². The Bertz CT molecular complexity index is 776. The number of alkyl halides is 2. The number of nitrogens with one attached hydrogen (secondary N) is 1. The van der Waals surface area contributed by atoms with Crippen molar-refractivity contribution in [1.82, 2.24) is 10.2 Å². The number of ether oxygens (including phenoxy) is 2. The van der Waals surface area contributed by atoms with Gasteiger partial charge in [0, 0.05) is 12.1 Å². The lowest BCUT2D eigenvalue weighted by Gasteiger charge is -2.35. The number of nitrogens with zero attached hydrogens (tertiary/aromatic N) is 1. The molecule has 2 aromatic rings. The second kappa shape index (κ2) is 10.2. The van der Waals surface area contributed by atoms with Gasteiger partial charge in [0.2, 0.25) is 0 Å². The number of carbonyl (C=O) groups is 1. The lowest BCUT2D eigenvalue weighted by Crippen LogP contribution is -2.40. The van der Waals surface area contributed by atoms with Crippen LogP contribution in [-0.4, -0.2) is 44.2 Å². The fourth-order valence-corrected chi connectivity index (χ4v) is 3.59. The Balaban J connectivity index is 1.67. The van der Waals surface area contributed by atoms with Gasteiger partial charge in [-0.2, -0.15) is 8.78 Å². The number of carbonyl (C=O) groups excluding carboxylic acids is 1. The average Bonchev–Trinajstić information content (AvgIpc) is 2.75. The Morgan fingerprint density at radius 3 is 2.21 bits per heavy atom. The van der Waals surface area contributed by atoms with Crippen LogP contribution in [-0.2, 0) is 0 Å². The predicted molar refractivity (Wildman–Crippen MR) is 107 cm³/mol. The summed E-state index contributed by atoms with van der Waals surface area (Å²) in [6.45, 7) is -0.441. The van der Waals surface area contributed by atoms with Crippen molar-refractivity contribution in [2.45, 2.75) is 31.9 Å². The van der Waals surface area contributed by atoms with Crippen molar-refractivity contribution in [2.24, 2.45) is 0 Å². The number of hydrogen-bond acceptors (Lipinski definition) is 4. The maximum absolute atomic E-state index is 12.6. The number of halogens is 2. The van der Waals surface area contributed by atoms with E-state index in [0.717, 1.165) is 37.2 Å². The predicted octanol–water partition coefficient (Wildman–Crippen LogP) is 4.25. The average molecular weight is 404 g/mol. The number of rotatable bonds is 8. The van der Waals surface area contributed by atoms with E-state index in [0.29, 0.717) is 12.1 Å². The minimum Gasteiger partial charge on any atom is -0.497 e. The minimum absolute atomic E-state index is 0.0287. The molecule has 1 amide bonds. The van der Waals surface area contributed by atoms with Crippen molar-refractivity contribution in [3.8, 4) is 11.5 Å². The lowest BCUT2D eigenvalue weighted by atomic mass is 10.0. The molecule has 1 aliphatic rings. The first kappa shape index (κ1) is 21.0. The lowest BCUT2D eigenvalue weighted by molar-refractivity contribution is -0.0498.